The number of rotatable bonds is 2. The van der Waals surface area contributed by atoms with E-state index < -0.39 is 26.6 Å². The van der Waals surface area contributed by atoms with Crippen molar-refractivity contribution in [3.63, 3.8) is 0 Å². The maximum Gasteiger partial charge on any atom is 0.320 e. The van der Waals surface area contributed by atoms with Crippen molar-refractivity contribution in [1.82, 2.24) is 4.90 Å². The van der Waals surface area contributed by atoms with E-state index in [1.54, 1.807) is 6.92 Å². The van der Waals surface area contributed by atoms with E-state index in [4.69, 9.17) is 5.11 Å². The Balaban J connectivity index is 2.22. The zero-order chi connectivity index (χ0) is 13.4. The second-order valence-corrected chi connectivity index (χ2v) is 8.05. The van der Waals surface area contributed by atoms with E-state index in [2.05, 4.69) is 0 Å². The van der Waals surface area contributed by atoms with Gasteiger partial charge in [0.1, 0.15) is 6.04 Å². The minimum atomic E-state index is -3.07. The Morgan fingerprint density at radius 1 is 1.28 bits per heavy atom. The molecule has 2 aliphatic rings. The summed E-state index contributed by atoms with van der Waals surface area (Å²) in [7, 11) is -3.07. The minimum Gasteiger partial charge on any atom is -0.480 e. The minimum absolute atomic E-state index is 0.102. The van der Waals surface area contributed by atoms with Crippen LogP contribution in [-0.4, -0.2) is 54.0 Å². The summed E-state index contributed by atoms with van der Waals surface area (Å²) in [6.07, 6.45) is 4.35. The molecule has 1 heterocycles. The van der Waals surface area contributed by atoms with E-state index in [0.29, 0.717) is 25.9 Å². The average molecular weight is 275 g/mol. The number of carboxylic acids is 1. The van der Waals surface area contributed by atoms with Gasteiger partial charge in [0, 0.05) is 13.1 Å². The van der Waals surface area contributed by atoms with Gasteiger partial charge in [-0.05, 0) is 19.8 Å². The molecule has 0 radical (unpaired) electrons. The summed E-state index contributed by atoms with van der Waals surface area (Å²) in [5.74, 6) is -0.773. The Labute approximate surface area is 108 Å². The lowest BCUT2D eigenvalue weighted by atomic mass is 9.87. The van der Waals surface area contributed by atoms with Crippen LogP contribution in [0.5, 0.6) is 0 Å². The first-order valence-electron chi connectivity index (χ1n) is 6.57. The monoisotopic (exact) mass is 275 g/mol. The maximum absolute atomic E-state index is 12.3. The first-order valence-corrected chi connectivity index (χ1v) is 8.22. The van der Waals surface area contributed by atoms with Crippen LogP contribution >= 0.6 is 0 Å². The van der Waals surface area contributed by atoms with Gasteiger partial charge in [0.2, 0.25) is 0 Å². The molecule has 2 rings (SSSR count). The largest absolute Gasteiger partial charge is 0.480 e. The molecule has 0 bridgehead atoms. The summed E-state index contributed by atoms with van der Waals surface area (Å²) in [6.45, 7) is 2.37. The standard InChI is InChI=1S/C12H21NO4S/c1-10(11(14)15)13-7-8-18(16,17)12(9-13)5-3-2-4-6-12/h10H,2-9H2,1H3,(H,14,15). The fourth-order valence-corrected chi connectivity index (χ4v) is 5.33. The van der Waals surface area contributed by atoms with Crippen LogP contribution in [0.1, 0.15) is 39.0 Å². The SMILES string of the molecule is CC(C(=O)O)N1CCS(=O)(=O)C2(CCCCC2)C1. The number of carbonyl (C=O) groups is 1. The van der Waals surface area contributed by atoms with Crippen molar-refractivity contribution in [2.24, 2.45) is 0 Å². The van der Waals surface area contributed by atoms with E-state index in [-0.39, 0.29) is 5.75 Å². The van der Waals surface area contributed by atoms with Gasteiger partial charge >= 0.3 is 5.97 Å². The van der Waals surface area contributed by atoms with Gasteiger partial charge in [-0.1, -0.05) is 19.3 Å². The Kier molecular flexibility index (Phi) is 3.69. The highest BCUT2D eigenvalue weighted by molar-refractivity contribution is 7.92. The maximum atomic E-state index is 12.3. The molecular weight excluding hydrogens is 254 g/mol. The Hall–Kier alpha value is -0.620. The molecule has 0 amide bonds. The molecule has 18 heavy (non-hydrogen) atoms. The smallest absolute Gasteiger partial charge is 0.320 e. The molecule has 6 heteroatoms. The van der Waals surface area contributed by atoms with Crippen molar-refractivity contribution in [3.05, 3.63) is 0 Å². The highest BCUT2D eigenvalue weighted by Crippen LogP contribution is 2.39. The zero-order valence-corrected chi connectivity index (χ0v) is 11.6. The Morgan fingerprint density at radius 3 is 2.44 bits per heavy atom. The van der Waals surface area contributed by atoms with E-state index in [1.807, 2.05) is 4.90 Å². The summed E-state index contributed by atoms with van der Waals surface area (Å²) in [5.41, 5.74) is 0. The number of hydrogen-bond donors (Lipinski definition) is 1. The summed E-state index contributed by atoms with van der Waals surface area (Å²) >= 11 is 0. The second-order valence-electron chi connectivity index (χ2n) is 5.55. The highest BCUT2D eigenvalue weighted by Gasteiger charge is 2.49. The van der Waals surface area contributed by atoms with Crippen molar-refractivity contribution in [3.8, 4) is 0 Å². The van der Waals surface area contributed by atoms with E-state index in [0.717, 1.165) is 19.3 Å². The van der Waals surface area contributed by atoms with E-state index in [9.17, 15) is 13.2 Å². The van der Waals surface area contributed by atoms with Gasteiger partial charge in [0.15, 0.2) is 9.84 Å². The van der Waals surface area contributed by atoms with Crippen molar-refractivity contribution < 1.29 is 18.3 Å². The topological polar surface area (TPSA) is 74.7 Å². The molecule has 2 fully saturated rings. The lowest BCUT2D eigenvalue weighted by Gasteiger charge is -2.45. The molecule has 1 aliphatic carbocycles. The van der Waals surface area contributed by atoms with Crippen molar-refractivity contribution >= 4 is 15.8 Å². The Bertz CT molecular complexity index is 425. The number of carboxylic acid groups (broad SMARTS) is 1. The van der Waals surface area contributed by atoms with Gasteiger partial charge in [0.05, 0.1) is 10.5 Å². The third-order valence-electron chi connectivity index (χ3n) is 4.47. The fraction of sp³-hybridized carbons (Fsp3) is 0.917. The van der Waals surface area contributed by atoms with Crippen LogP contribution in [0.25, 0.3) is 0 Å². The molecule has 1 atom stereocenters. The molecule has 1 spiro atoms. The van der Waals surface area contributed by atoms with Crippen LogP contribution in [0.4, 0.5) is 0 Å². The molecule has 1 saturated carbocycles. The van der Waals surface area contributed by atoms with E-state index >= 15 is 0 Å². The van der Waals surface area contributed by atoms with Crippen LogP contribution in [0.3, 0.4) is 0 Å². The number of sulfone groups is 1. The molecule has 1 N–H and O–H groups in total. The van der Waals surface area contributed by atoms with Crippen LogP contribution in [0.2, 0.25) is 0 Å². The van der Waals surface area contributed by atoms with Crippen molar-refractivity contribution in [2.45, 2.75) is 49.8 Å². The summed E-state index contributed by atoms with van der Waals surface area (Å²) in [5, 5.41) is 9.06. The molecule has 1 saturated heterocycles. The van der Waals surface area contributed by atoms with E-state index in [1.165, 1.54) is 0 Å². The zero-order valence-electron chi connectivity index (χ0n) is 10.8. The molecule has 0 aromatic rings. The number of nitrogens with zero attached hydrogens (tertiary/aromatic N) is 1. The van der Waals surface area contributed by atoms with Crippen LogP contribution in [0.15, 0.2) is 0 Å². The molecule has 0 aromatic carbocycles. The second kappa shape index (κ2) is 4.81. The summed E-state index contributed by atoms with van der Waals surface area (Å²) in [6, 6.07) is -0.598. The summed E-state index contributed by atoms with van der Waals surface area (Å²) < 4.78 is 24.0. The average Bonchev–Trinajstić information content (AvgIpc) is 2.33. The number of aliphatic carboxylic acids is 1. The van der Waals surface area contributed by atoms with Gasteiger partial charge in [-0.25, -0.2) is 8.42 Å². The van der Waals surface area contributed by atoms with Gasteiger partial charge < -0.3 is 5.11 Å². The molecule has 1 unspecified atom stereocenters. The highest BCUT2D eigenvalue weighted by atomic mass is 32.2. The summed E-state index contributed by atoms with van der Waals surface area (Å²) in [4.78, 5) is 12.9. The van der Waals surface area contributed by atoms with Crippen molar-refractivity contribution in [2.75, 3.05) is 18.8 Å². The van der Waals surface area contributed by atoms with Crippen molar-refractivity contribution in [1.29, 1.82) is 0 Å². The lowest BCUT2D eigenvalue weighted by Crippen LogP contribution is -2.60. The predicted molar refractivity (Wildman–Crippen MR) is 68.3 cm³/mol. The lowest BCUT2D eigenvalue weighted by molar-refractivity contribution is -0.142. The third kappa shape index (κ3) is 2.28. The molecular formula is C12H21NO4S. The van der Waals surface area contributed by atoms with Crippen LogP contribution in [-0.2, 0) is 14.6 Å². The van der Waals surface area contributed by atoms with Crippen LogP contribution in [0, 0.1) is 0 Å². The number of hydrogen-bond acceptors (Lipinski definition) is 4. The first-order chi connectivity index (χ1) is 8.38. The molecule has 0 aromatic heterocycles. The van der Waals surface area contributed by atoms with Crippen LogP contribution < -0.4 is 0 Å². The van der Waals surface area contributed by atoms with Gasteiger partial charge in [-0.3, -0.25) is 9.69 Å². The molecule has 5 nitrogen and oxygen atoms in total. The quantitative estimate of drug-likeness (QED) is 0.810. The third-order valence-corrected chi connectivity index (χ3v) is 7.04. The fourth-order valence-electron chi connectivity index (χ4n) is 3.15. The first kappa shape index (κ1) is 13.8. The van der Waals surface area contributed by atoms with Gasteiger partial charge in [-0.2, -0.15) is 0 Å². The van der Waals surface area contributed by atoms with Gasteiger partial charge in [0.25, 0.3) is 0 Å². The predicted octanol–water partition coefficient (Wildman–Crippen LogP) is 0.893. The molecule has 104 valence electrons. The van der Waals surface area contributed by atoms with Gasteiger partial charge in [-0.15, -0.1) is 0 Å². The molecule has 1 aliphatic heterocycles. The normalized spacial score (nSPS) is 28.9. The Morgan fingerprint density at radius 2 is 1.89 bits per heavy atom.